The van der Waals surface area contributed by atoms with Crippen LogP contribution in [0.15, 0.2) is 23.1 Å². The topological polar surface area (TPSA) is 20.2 Å². The summed E-state index contributed by atoms with van der Waals surface area (Å²) in [5, 5.41) is 10.7. The second-order valence-corrected chi connectivity index (χ2v) is 6.07. The molecule has 0 saturated heterocycles. The fourth-order valence-electron chi connectivity index (χ4n) is 2.13. The first kappa shape index (κ1) is 12.3. The van der Waals surface area contributed by atoms with Gasteiger partial charge in [-0.05, 0) is 30.5 Å². The molecule has 0 amide bonds. The predicted molar refractivity (Wildman–Crippen MR) is 70.1 cm³/mol. The van der Waals surface area contributed by atoms with E-state index in [1.54, 1.807) is 0 Å². The molecule has 1 aliphatic carbocycles. The first-order valence-corrected chi connectivity index (χ1v) is 7.11. The average molecular weight is 257 g/mol. The summed E-state index contributed by atoms with van der Waals surface area (Å²) in [6, 6.07) is 5.75. The first-order valence-electron chi connectivity index (χ1n) is 5.85. The molecular weight excluding hydrogens is 240 g/mol. The van der Waals surface area contributed by atoms with Crippen LogP contribution in [0.3, 0.4) is 0 Å². The van der Waals surface area contributed by atoms with E-state index in [-0.39, 0.29) is 6.61 Å². The van der Waals surface area contributed by atoms with E-state index in [1.807, 2.05) is 30.0 Å². The van der Waals surface area contributed by atoms with Crippen molar-refractivity contribution in [2.24, 2.45) is 0 Å². The third kappa shape index (κ3) is 3.16. The van der Waals surface area contributed by atoms with Crippen molar-refractivity contribution in [1.82, 2.24) is 0 Å². The Hall–Kier alpha value is -0.180. The predicted octanol–water partition coefficient (Wildman–Crippen LogP) is 4.26. The number of aliphatic hydroxyl groups excluding tert-OH is 1. The van der Waals surface area contributed by atoms with E-state index >= 15 is 0 Å². The van der Waals surface area contributed by atoms with Crippen LogP contribution < -0.4 is 0 Å². The van der Waals surface area contributed by atoms with Crippen LogP contribution >= 0.6 is 23.4 Å². The van der Waals surface area contributed by atoms with Gasteiger partial charge in [0.1, 0.15) is 0 Å². The molecule has 0 bridgehead atoms. The molecule has 88 valence electrons. The molecule has 1 saturated carbocycles. The second-order valence-electron chi connectivity index (χ2n) is 4.29. The normalized spacial score (nSPS) is 17.6. The van der Waals surface area contributed by atoms with Gasteiger partial charge in [-0.25, -0.2) is 0 Å². The summed E-state index contributed by atoms with van der Waals surface area (Å²) in [5.74, 6) is 0. The van der Waals surface area contributed by atoms with Crippen molar-refractivity contribution in [1.29, 1.82) is 0 Å². The Morgan fingerprint density at radius 3 is 2.69 bits per heavy atom. The van der Waals surface area contributed by atoms with Crippen molar-refractivity contribution in [3.63, 3.8) is 0 Å². The Balaban J connectivity index is 2.09. The molecule has 1 N–H and O–H groups in total. The zero-order chi connectivity index (χ0) is 11.4. The Bertz CT molecular complexity index is 348. The number of aliphatic hydroxyl groups is 1. The highest BCUT2D eigenvalue weighted by Gasteiger charge is 2.16. The highest BCUT2D eigenvalue weighted by Crippen LogP contribution is 2.36. The third-order valence-corrected chi connectivity index (χ3v) is 4.72. The maximum absolute atomic E-state index is 9.28. The molecule has 0 unspecified atom stereocenters. The molecule has 0 spiro atoms. The van der Waals surface area contributed by atoms with Gasteiger partial charge in [-0.15, -0.1) is 11.8 Å². The molecule has 0 aromatic heterocycles. The van der Waals surface area contributed by atoms with E-state index in [9.17, 15) is 5.11 Å². The molecule has 0 radical (unpaired) electrons. The molecule has 1 fully saturated rings. The summed E-state index contributed by atoms with van der Waals surface area (Å²) >= 11 is 7.88. The van der Waals surface area contributed by atoms with Crippen LogP contribution in [-0.4, -0.2) is 10.4 Å². The van der Waals surface area contributed by atoms with Crippen LogP contribution in [0, 0.1) is 0 Å². The van der Waals surface area contributed by atoms with Gasteiger partial charge < -0.3 is 5.11 Å². The van der Waals surface area contributed by atoms with Crippen LogP contribution in [0.5, 0.6) is 0 Å². The van der Waals surface area contributed by atoms with E-state index in [0.717, 1.165) is 15.5 Å². The summed E-state index contributed by atoms with van der Waals surface area (Å²) in [7, 11) is 0. The highest BCUT2D eigenvalue weighted by molar-refractivity contribution is 8.00. The van der Waals surface area contributed by atoms with E-state index in [2.05, 4.69) is 0 Å². The fourth-order valence-corrected chi connectivity index (χ4v) is 3.78. The van der Waals surface area contributed by atoms with E-state index in [4.69, 9.17) is 11.6 Å². The monoisotopic (exact) mass is 256 g/mol. The van der Waals surface area contributed by atoms with Crippen LogP contribution in [-0.2, 0) is 6.61 Å². The lowest BCUT2D eigenvalue weighted by Crippen LogP contribution is -2.08. The molecule has 0 heterocycles. The van der Waals surface area contributed by atoms with Gasteiger partial charge in [-0.3, -0.25) is 0 Å². The zero-order valence-corrected chi connectivity index (χ0v) is 10.9. The van der Waals surface area contributed by atoms with Crippen molar-refractivity contribution >= 4 is 23.4 Å². The zero-order valence-electron chi connectivity index (χ0n) is 9.29. The van der Waals surface area contributed by atoms with Crippen LogP contribution in [0.4, 0.5) is 0 Å². The number of halogens is 1. The average Bonchev–Trinajstić information content (AvgIpc) is 2.31. The lowest BCUT2D eigenvalue weighted by Gasteiger charge is -2.22. The lowest BCUT2D eigenvalue weighted by molar-refractivity contribution is 0.279. The number of thioether (sulfide) groups is 1. The van der Waals surface area contributed by atoms with E-state index in [0.29, 0.717) is 5.25 Å². The highest BCUT2D eigenvalue weighted by atomic mass is 35.5. The van der Waals surface area contributed by atoms with Gasteiger partial charge in [-0.2, -0.15) is 0 Å². The number of benzene rings is 1. The SMILES string of the molecule is OCc1ccc(Cl)cc1SC1CCCCC1. The largest absolute Gasteiger partial charge is 0.392 e. The maximum atomic E-state index is 9.28. The van der Waals surface area contributed by atoms with Crippen LogP contribution in [0.2, 0.25) is 5.02 Å². The number of rotatable bonds is 3. The van der Waals surface area contributed by atoms with Crippen molar-refractivity contribution < 1.29 is 5.11 Å². The number of hydrogen-bond donors (Lipinski definition) is 1. The van der Waals surface area contributed by atoms with Gasteiger partial charge in [0.15, 0.2) is 0 Å². The Morgan fingerprint density at radius 1 is 1.25 bits per heavy atom. The van der Waals surface area contributed by atoms with Gasteiger partial charge >= 0.3 is 0 Å². The second kappa shape index (κ2) is 5.95. The van der Waals surface area contributed by atoms with Gasteiger partial charge in [0, 0.05) is 15.2 Å². The van der Waals surface area contributed by atoms with E-state index < -0.39 is 0 Å². The third-order valence-electron chi connectivity index (χ3n) is 3.05. The molecule has 1 aromatic rings. The Labute approximate surface area is 106 Å². The maximum Gasteiger partial charge on any atom is 0.0692 e. The Morgan fingerprint density at radius 2 is 2.00 bits per heavy atom. The van der Waals surface area contributed by atoms with Crippen molar-refractivity contribution in [2.45, 2.75) is 48.9 Å². The van der Waals surface area contributed by atoms with Crippen molar-refractivity contribution in [3.8, 4) is 0 Å². The molecule has 1 aliphatic rings. The molecule has 3 heteroatoms. The standard InChI is InChI=1S/C13H17ClOS/c14-11-7-6-10(9-15)13(8-11)16-12-4-2-1-3-5-12/h6-8,12,15H,1-5,9H2. The minimum absolute atomic E-state index is 0.103. The number of hydrogen-bond acceptors (Lipinski definition) is 2. The van der Waals surface area contributed by atoms with Gasteiger partial charge in [0.2, 0.25) is 0 Å². The quantitative estimate of drug-likeness (QED) is 0.872. The Kier molecular flexibility index (Phi) is 4.56. The van der Waals surface area contributed by atoms with Gasteiger partial charge in [-0.1, -0.05) is 36.9 Å². The van der Waals surface area contributed by atoms with Gasteiger partial charge in [0.05, 0.1) is 6.61 Å². The summed E-state index contributed by atoms with van der Waals surface area (Å²) in [6.45, 7) is 0.103. The van der Waals surface area contributed by atoms with E-state index in [1.165, 1.54) is 32.1 Å². The van der Waals surface area contributed by atoms with Crippen LogP contribution in [0.1, 0.15) is 37.7 Å². The molecular formula is C13H17ClOS. The van der Waals surface area contributed by atoms with Crippen molar-refractivity contribution in [3.05, 3.63) is 28.8 Å². The van der Waals surface area contributed by atoms with Crippen molar-refractivity contribution in [2.75, 3.05) is 0 Å². The summed E-state index contributed by atoms with van der Waals surface area (Å²) < 4.78 is 0. The van der Waals surface area contributed by atoms with Gasteiger partial charge in [0.25, 0.3) is 0 Å². The lowest BCUT2D eigenvalue weighted by atomic mass is 10.0. The molecule has 2 rings (SSSR count). The molecule has 0 aliphatic heterocycles. The first-order chi connectivity index (χ1) is 7.79. The molecule has 16 heavy (non-hydrogen) atoms. The summed E-state index contributed by atoms with van der Waals surface area (Å²) in [5.41, 5.74) is 1.000. The molecule has 1 nitrogen and oxygen atoms in total. The summed E-state index contributed by atoms with van der Waals surface area (Å²) in [6.07, 6.45) is 6.64. The fraction of sp³-hybridized carbons (Fsp3) is 0.538. The molecule has 1 aromatic carbocycles. The van der Waals surface area contributed by atoms with Crippen LogP contribution in [0.25, 0.3) is 0 Å². The summed E-state index contributed by atoms with van der Waals surface area (Å²) in [4.78, 5) is 1.15. The molecule has 0 atom stereocenters. The minimum Gasteiger partial charge on any atom is -0.392 e. The minimum atomic E-state index is 0.103. The smallest absolute Gasteiger partial charge is 0.0692 e.